The standard InChI is InChI=1S/C22H20F3N5O3/c1-14-10-17(13-30(14)12-15-2-7-19(27-11-15)26-8-9-31)21-28-20(29-33-21)16-3-5-18(6-4-16)32-22(23,24)25/h2-7,10-11,13,31H,8-9,12H2,1H3,(H,26,27). The van der Waals surface area contributed by atoms with Gasteiger partial charge in [-0.15, -0.1) is 13.2 Å². The smallest absolute Gasteiger partial charge is 0.406 e. The number of nitrogens with one attached hydrogen (secondary N) is 1. The van der Waals surface area contributed by atoms with Gasteiger partial charge >= 0.3 is 6.36 Å². The van der Waals surface area contributed by atoms with Gasteiger partial charge in [-0.3, -0.25) is 0 Å². The Bertz CT molecular complexity index is 1200. The molecule has 0 atom stereocenters. The highest BCUT2D eigenvalue weighted by molar-refractivity contribution is 5.60. The minimum Gasteiger partial charge on any atom is -0.406 e. The Balaban J connectivity index is 1.46. The lowest BCUT2D eigenvalue weighted by Gasteiger charge is -2.08. The highest BCUT2D eigenvalue weighted by atomic mass is 19.4. The maximum absolute atomic E-state index is 12.3. The Hall–Kier alpha value is -3.86. The third kappa shape index (κ3) is 5.69. The van der Waals surface area contributed by atoms with Gasteiger partial charge in [0.05, 0.1) is 12.2 Å². The maximum Gasteiger partial charge on any atom is 0.573 e. The molecule has 0 radical (unpaired) electrons. The predicted molar refractivity (Wildman–Crippen MR) is 113 cm³/mol. The number of anilines is 1. The number of nitrogens with zero attached hydrogens (tertiary/aromatic N) is 4. The van der Waals surface area contributed by atoms with Crippen LogP contribution in [0.1, 0.15) is 11.3 Å². The number of hydrogen-bond donors (Lipinski definition) is 2. The Morgan fingerprint density at radius 1 is 1.12 bits per heavy atom. The van der Waals surface area contributed by atoms with Crippen molar-refractivity contribution >= 4 is 5.82 Å². The van der Waals surface area contributed by atoms with Gasteiger partial charge in [-0.1, -0.05) is 11.2 Å². The van der Waals surface area contributed by atoms with Crippen LogP contribution in [0.15, 0.2) is 59.4 Å². The van der Waals surface area contributed by atoms with E-state index in [9.17, 15) is 13.2 Å². The van der Waals surface area contributed by atoms with Crippen molar-refractivity contribution in [3.05, 3.63) is 66.1 Å². The van der Waals surface area contributed by atoms with Crippen LogP contribution < -0.4 is 10.1 Å². The van der Waals surface area contributed by atoms with Gasteiger partial charge in [0.1, 0.15) is 11.6 Å². The van der Waals surface area contributed by atoms with E-state index in [0.717, 1.165) is 16.8 Å². The van der Waals surface area contributed by atoms with Crippen molar-refractivity contribution in [3.63, 3.8) is 0 Å². The molecule has 172 valence electrons. The Labute approximate surface area is 186 Å². The summed E-state index contributed by atoms with van der Waals surface area (Å²) in [5.41, 5.74) is 3.18. The highest BCUT2D eigenvalue weighted by Gasteiger charge is 2.31. The Kier molecular flexibility index (Phi) is 6.31. The number of pyridine rings is 1. The molecule has 0 aliphatic heterocycles. The van der Waals surface area contributed by atoms with E-state index < -0.39 is 6.36 Å². The molecule has 0 bridgehead atoms. The predicted octanol–water partition coefficient (Wildman–Crippen LogP) is 4.26. The van der Waals surface area contributed by atoms with E-state index in [2.05, 4.69) is 25.2 Å². The summed E-state index contributed by atoms with van der Waals surface area (Å²) >= 11 is 0. The molecule has 3 aromatic heterocycles. The second kappa shape index (κ2) is 9.33. The summed E-state index contributed by atoms with van der Waals surface area (Å²) in [5, 5.41) is 15.8. The summed E-state index contributed by atoms with van der Waals surface area (Å²) in [5.74, 6) is 0.914. The van der Waals surface area contributed by atoms with Crippen LogP contribution in [0.4, 0.5) is 19.0 Å². The molecule has 4 aromatic rings. The van der Waals surface area contributed by atoms with Crippen LogP contribution in [-0.2, 0) is 6.54 Å². The largest absolute Gasteiger partial charge is 0.573 e. The molecule has 2 N–H and O–H groups in total. The van der Waals surface area contributed by atoms with E-state index >= 15 is 0 Å². The van der Waals surface area contributed by atoms with Gasteiger partial charge < -0.3 is 24.3 Å². The van der Waals surface area contributed by atoms with Crippen LogP contribution in [0.2, 0.25) is 0 Å². The fraction of sp³-hybridized carbons (Fsp3) is 0.227. The number of aromatic nitrogens is 4. The van der Waals surface area contributed by atoms with Crippen molar-refractivity contribution < 1.29 is 27.5 Å². The van der Waals surface area contributed by atoms with E-state index in [-0.39, 0.29) is 18.2 Å². The molecule has 0 saturated carbocycles. The summed E-state index contributed by atoms with van der Waals surface area (Å²) in [7, 11) is 0. The zero-order chi connectivity index (χ0) is 23.4. The summed E-state index contributed by atoms with van der Waals surface area (Å²) in [6.07, 6.45) is -1.11. The zero-order valence-electron chi connectivity index (χ0n) is 17.5. The first-order valence-electron chi connectivity index (χ1n) is 9.97. The molecule has 0 spiro atoms. The van der Waals surface area contributed by atoms with Crippen LogP contribution >= 0.6 is 0 Å². The highest BCUT2D eigenvalue weighted by Crippen LogP contribution is 2.27. The normalized spacial score (nSPS) is 11.5. The van der Waals surface area contributed by atoms with Gasteiger partial charge in [0.25, 0.3) is 5.89 Å². The van der Waals surface area contributed by atoms with Crippen molar-refractivity contribution in [3.8, 4) is 28.6 Å². The molecular formula is C22H20F3N5O3. The number of ether oxygens (including phenoxy) is 1. The van der Waals surface area contributed by atoms with E-state index in [1.165, 1.54) is 24.3 Å². The van der Waals surface area contributed by atoms with E-state index in [1.54, 1.807) is 6.20 Å². The average Bonchev–Trinajstić information content (AvgIpc) is 3.40. The molecule has 0 saturated heterocycles. The number of benzene rings is 1. The summed E-state index contributed by atoms with van der Waals surface area (Å²) in [6.45, 7) is 3.00. The molecule has 3 heterocycles. The molecule has 11 heteroatoms. The lowest BCUT2D eigenvalue weighted by Crippen LogP contribution is -2.16. The monoisotopic (exact) mass is 459 g/mol. The molecule has 4 rings (SSSR count). The number of alkyl halides is 3. The lowest BCUT2D eigenvalue weighted by atomic mass is 10.2. The number of hydrogen-bond acceptors (Lipinski definition) is 7. The van der Waals surface area contributed by atoms with E-state index in [0.29, 0.717) is 30.4 Å². The average molecular weight is 459 g/mol. The van der Waals surface area contributed by atoms with Gasteiger partial charge in [0.15, 0.2) is 0 Å². The van der Waals surface area contributed by atoms with Gasteiger partial charge in [-0.25, -0.2) is 4.98 Å². The Morgan fingerprint density at radius 3 is 2.58 bits per heavy atom. The van der Waals surface area contributed by atoms with Crippen LogP contribution in [0.5, 0.6) is 5.75 Å². The van der Waals surface area contributed by atoms with Crippen molar-refractivity contribution in [2.24, 2.45) is 0 Å². The lowest BCUT2D eigenvalue weighted by molar-refractivity contribution is -0.274. The van der Waals surface area contributed by atoms with Crippen LogP contribution in [-0.4, -0.2) is 44.3 Å². The second-order valence-electron chi connectivity index (χ2n) is 7.20. The molecular weight excluding hydrogens is 439 g/mol. The van der Waals surface area contributed by atoms with Crippen molar-refractivity contribution in [2.75, 3.05) is 18.5 Å². The Morgan fingerprint density at radius 2 is 1.91 bits per heavy atom. The van der Waals surface area contributed by atoms with Crippen molar-refractivity contribution in [1.82, 2.24) is 19.7 Å². The first kappa shape index (κ1) is 22.3. The maximum atomic E-state index is 12.3. The van der Waals surface area contributed by atoms with Gasteiger partial charge in [0, 0.05) is 36.7 Å². The summed E-state index contributed by atoms with van der Waals surface area (Å²) in [6, 6.07) is 10.9. The fourth-order valence-corrected chi connectivity index (χ4v) is 3.17. The summed E-state index contributed by atoms with van der Waals surface area (Å²) in [4.78, 5) is 8.68. The first-order chi connectivity index (χ1) is 15.8. The number of aliphatic hydroxyl groups is 1. The molecule has 1 aromatic carbocycles. The van der Waals surface area contributed by atoms with Crippen LogP contribution in [0.25, 0.3) is 22.8 Å². The third-order valence-corrected chi connectivity index (χ3v) is 4.73. The third-order valence-electron chi connectivity index (χ3n) is 4.73. The van der Waals surface area contributed by atoms with Crippen LogP contribution in [0.3, 0.4) is 0 Å². The molecule has 0 aliphatic carbocycles. The minimum atomic E-state index is -4.75. The molecule has 0 aliphatic rings. The first-order valence-corrected chi connectivity index (χ1v) is 9.97. The van der Waals surface area contributed by atoms with E-state index in [1.807, 2.05) is 35.9 Å². The van der Waals surface area contributed by atoms with E-state index in [4.69, 9.17) is 9.63 Å². The number of rotatable bonds is 8. The molecule has 0 unspecified atom stereocenters. The topological polar surface area (TPSA) is 98.2 Å². The zero-order valence-corrected chi connectivity index (χ0v) is 17.5. The molecule has 8 nitrogen and oxygen atoms in total. The number of halogens is 3. The minimum absolute atomic E-state index is 0.0317. The van der Waals surface area contributed by atoms with Crippen molar-refractivity contribution in [1.29, 1.82) is 0 Å². The molecule has 33 heavy (non-hydrogen) atoms. The van der Waals surface area contributed by atoms with Gasteiger partial charge in [-0.05, 0) is 48.9 Å². The SMILES string of the molecule is Cc1cc(-c2nc(-c3ccc(OC(F)(F)F)cc3)no2)cn1Cc1ccc(NCCO)nc1. The summed E-state index contributed by atoms with van der Waals surface area (Å²) < 4.78 is 48.2. The quantitative estimate of drug-likeness (QED) is 0.406. The molecule has 0 fully saturated rings. The van der Waals surface area contributed by atoms with Crippen molar-refractivity contribution in [2.45, 2.75) is 19.8 Å². The number of aliphatic hydroxyl groups excluding tert-OH is 1. The second-order valence-corrected chi connectivity index (χ2v) is 7.20. The number of aryl methyl sites for hydroxylation is 1. The van der Waals surface area contributed by atoms with Crippen LogP contribution in [0, 0.1) is 6.92 Å². The molecule has 0 amide bonds. The van der Waals surface area contributed by atoms with Gasteiger partial charge in [0.2, 0.25) is 5.82 Å². The van der Waals surface area contributed by atoms with Gasteiger partial charge in [-0.2, -0.15) is 4.98 Å². The fourth-order valence-electron chi connectivity index (χ4n) is 3.17.